The molecule has 0 saturated heterocycles. The Morgan fingerprint density at radius 2 is 1.78 bits per heavy atom. The molecule has 3 rings (SSSR count). The molecule has 0 bridgehead atoms. The lowest BCUT2D eigenvalue weighted by Gasteiger charge is -2.02. The minimum Gasteiger partial charge on any atom is -0.335 e. The van der Waals surface area contributed by atoms with Gasteiger partial charge in [-0.2, -0.15) is 0 Å². The zero-order chi connectivity index (χ0) is 12.7. The summed E-state index contributed by atoms with van der Waals surface area (Å²) in [5.74, 6) is -0.227. The summed E-state index contributed by atoms with van der Waals surface area (Å²) in [7, 11) is 1.98. The highest BCUT2D eigenvalue weighted by molar-refractivity contribution is 5.82. The van der Waals surface area contributed by atoms with Crippen LogP contribution in [0.4, 0.5) is 4.39 Å². The molecule has 3 heteroatoms. The molecule has 0 N–H and O–H groups in total. The highest BCUT2D eigenvalue weighted by Gasteiger charge is 2.06. The summed E-state index contributed by atoms with van der Waals surface area (Å²) < 4.78 is 14.9. The molecule has 0 aliphatic heterocycles. The van der Waals surface area contributed by atoms with Crippen LogP contribution < -0.4 is 0 Å². The standard InChI is InChI=1S/C15H13FN2/c1-10-9-18(2)15-13(10)7-8-14(17-15)11-3-5-12(16)6-4-11/h3-9H,1-2H3. The van der Waals surface area contributed by atoms with Crippen molar-refractivity contribution in [1.82, 2.24) is 9.55 Å². The first-order chi connectivity index (χ1) is 8.65. The van der Waals surface area contributed by atoms with Gasteiger partial charge in [0.05, 0.1) is 5.69 Å². The number of halogens is 1. The third-order valence-corrected chi connectivity index (χ3v) is 3.16. The second-order valence-corrected chi connectivity index (χ2v) is 4.50. The van der Waals surface area contributed by atoms with Crippen molar-refractivity contribution in [2.75, 3.05) is 0 Å². The van der Waals surface area contributed by atoms with E-state index in [-0.39, 0.29) is 5.82 Å². The molecule has 0 unspecified atom stereocenters. The van der Waals surface area contributed by atoms with E-state index in [2.05, 4.69) is 24.2 Å². The van der Waals surface area contributed by atoms with E-state index in [1.165, 1.54) is 17.7 Å². The quantitative estimate of drug-likeness (QED) is 0.634. The number of fused-ring (bicyclic) bond motifs is 1. The van der Waals surface area contributed by atoms with E-state index in [1.807, 2.05) is 17.7 Å². The van der Waals surface area contributed by atoms with Crippen LogP contribution in [0.2, 0.25) is 0 Å². The lowest BCUT2D eigenvalue weighted by molar-refractivity contribution is 0.628. The monoisotopic (exact) mass is 240 g/mol. The molecule has 2 aromatic heterocycles. The number of hydrogen-bond donors (Lipinski definition) is 0. The smallest absolute Gasteiger partial charge is 0.140 e. The van der Waals surface area contributed by atoms with Gasteiger partial charge in [0.15, 0.2) is 0 Å². The van der Waals surface area contributed by atoms with Gasteiger partial charge in [-0.3, -0.25) is 0 Å². The fraction of sp³-hybridized carbons (Fsp3) is 0.133. The third kappa shape index (κ3) is 1.68. The maximum Gasteiger partial charge on any atom is 0.140 e. The number of nitrogens with zero attached hydrogens (tertiary/aromatic N) is 2. The molecule has 90 valence electrons. The molecule has 0 aliphatic rings. The van der Waals surface area contributed by atoms with E-state index in [9.17, 15) is 4.39 Å². The second kappa shape index (κ2) is 3.95. The van der Waals surface area contributed by atoms with E-state index >= 15 is 0 Å². The van der Waals surface area contributed by atoms with Gasteiger partial charge < -0.3 is 4.57 Å². The van der Waals surface area contributed by atoms with Crippen molar-refractivity contribution < 1.29 is 4.39 Å². The van der Waals surface area contributed by atoms with E-state index < -0.39 is 0 Å². The van der Waals surface area contributed by atoms with E-state index in [4.69, 9.17) is 0 Å². The Kier molecular flexibility index (Phi) is 2.40. The van der Waals surface area contributed by atoms with Crippen molar-refractivity contribution in [3.05, 3.63) is 54.0 Å². The van der Waals surface area contributed by atoms with Gasteiger partial charge in [-0.05, 0) is 48.9 Å². The summed E-state index contributed by atoms with van der Waals surface area (Å²) in [6, 6.07) is 10.5. The predicted molar refractivity (Wildman–Crippen MR) is 70.8 cm³/mol. The molecule has 0 spiro atoms. The van der Waals surface area contributed by atoms with Crippen LogP contribution in [-0.2, 0) is 7.05 Å². The van der Waals surface area contributed by atoms with E-state index in [0.717, 1.165) is 22.3 Å². The van der Waals surface area contributed by atoms with Crippen LogP contribution in [0, 0.1) is 12.7 Å². The first-order valence-corrected chi connectivity index (χ1v) is 5.84. The van der Waals surface area contributed by atoms with Crippen LogP contribution in [0.3, 0.4) is 0 Å². The van der Waals surface area contributed by atoms with Crippen LogP contribution >= 0.6 is 0 Å². The van der Waals surface area contributed by atoms with Crippen molar-refractivity contribution in [1.29, 1.82) is 0 Å². The number of pyridine rings is 1. The summed E-state index contributed by atoms with van der Waals surface area (Å²) >= 11 is 0. The predicted octanol–water partition coefficient (Wildman–Crippen LogP) is 3.69. The first-order valence-electron chi connectivity index (χ1n) is 5.84. The number of aryl methyl sites for hydroxylation is 2. The average molecular weight is 240 g/mol. The van der Waals surface area contributed by atoms with Crippen molar-refractivity contribution in [2.24, 2.45) is 7.05 Å². The molecule has 0 radical (unpaired) electrons. The van der Waals surface area contributed by atoms with E-state index in [1.54, 1.807) is 12.1 Å². The maximum atomic E-state index is 12.9. The van der Waals surface area contributed by atoms with Gasteiger partial charge in [-0.1, -0.05) is 0 Å². The molecular weight excluding hydrogens is 227 g/mol. The van der Waals surface area contributed by atoms with Crippen LogP contribution in [-0.4, -0.2) is 9.55 Å². The van der Waals surface area contributed by atoms with Gasteiger partial charge in [0.1, 0.15) is 11.5 Å². The molecule has 0 amide bonds. The molecule has 2 heterocycles. The third-order valence-electron chi connectivity index (χ3n) is 3.16. The average Bonchev–Trinajstić information content (AvgIpc) is 2.66. The Morgan fingerprint density at radius 3 is 2.50 bits per heavy atom. The Bertz CT molecular complexity index is 711. The SMILES string of the molecule is Cc1cn(C)c2nc(-c3ccc(F)cc3)ccc12. The Balaban J connectivity index is 2.18. The lowest BCUT2D eigenvalue weighted by Crippen LogP contribution is -1.90. The van der Waals surface area contributed by atoms with Crippen molar-refractivity contribution >= 4 is 11.0 Å². The Hall–Kier alpha value is -2.16. The number of hydrogen-bond acceptors (Lipinski definition) is 1. The molecular formula is C15H13FN2. The van der Waals surface area contributed by atoms with Crippen molar-refractivity contribution in [2.45, 2.75) is 6.92 Å². The summed E-state index contributed by atoms with van der Waals surface area (Å²) in [5, 5.41) is 1.16. The minimum atomic E-state index is -0.227. The largest absolute Gasteiger partial charge is 0.335 e. The summed E-state index contributed by atoms with van der Waals surface area (Å²) in [6.45, 7) is 2.07. The van der Waals surface area contributed by atoms with Gasteiger partial charge >= 0.3 is 0 Å². The van der Waals surface area contributed by atoms with Gasteiger partial charge in [0, 0.05) is 24.2 Å². The molecule has 0 atom stereocenters. The van der Waals surface area contributed by atoms with Crippen LogP contribution in [0.25, 0.3) is 22.3 Å². The van der Waals surface area contributed by atoms with Crippen molar-refractivity contribution in [3.63, 3.8) is 0 Å². The van der Waals surface area contributed by atoms with Crippen molar-refractivity contribution in [3.8, 4) is 11.3 Å². The van der Waals surface area contributed by atoms with Gasteiger partial charge in [0.2, 0.25) is 0 Å². The highest BCUT2D eigenvalue weighted by Crippen LogP contribution is 2.23. The first kappa shape index (κ1) is 11.0. The maximum absolute atomic E-state index is 12.9. The zero-order valence-corrected chi connectivity index (χ0v) is 10.3. The highest BCUT2D eigenvalue weighted by atomic mass is 19.1. The zero-order valence-electron chi connectivity index (χ0n) is 10.3. The summed E-state index contributed by atoms with van der Waals surface area (Å²) in [6.07, 6.45) is 2.06. The number of benzene rings is 1. The summed E-state index contributed by atoms with van der Waals surface area (Å²) in [5.41, 5.74) is 3.96. The summed E-state index contributed by atoms with van der Waals surface area (Å²) in [4.78, 5) is 4.64. The van der Waals surface area contributed by atoms with Gasteiger partial charge in [-0.25, -0.2) is 9.37 Å². The van der Waals surface area contributed by atoms with E-state index in [0.29, 0.717) is 0 Å². The Labute approximate surface area is 105 Å². The molecule has 1 aromatic carbocycles. The molecule has 3 aromatic rings. The lowest BCUT2D eigenvalue weighted by atomic mass is 10.1. The van der Waals surface area contributed by atoms with Crippen LogP contribution in [0.15, 0.2) is 42.6 Å². The van der Waals surface area contributed by atoms with Crippen LogP contribution in [0.5, 0.6) is 0 Å². The van der Waals surface area contributed by atoms with Crippen LogP contribution in [0.1, 0.15) is 5.56 Å². The molecule has 18 heavy (non-hydrogen) atoms. The molecule has 2 nitrogen and oxygen atoms in total. The normalized spacial score (nSPS) is 11.1. The fourth-order valence-electron chi connectivity index (χ4n) is 2.23. The number of rotatable bonds is 1. The second-order valence-electron chi connectivity index (χ2n) is 4.50. The molecule has 0 aliphatic carbocycles. The molecule has 0 fully saturated rings. The number of aromatic nitrogens is 2. The minimum absolute atomic E-state index is 0.227. The van der Waals surface area contributed by atoms with Gasteiger partial charge in [0.25, 0.3) is 0 Å². The fourth-order valence-corrected chi connectivity index (χ4v) is 2.23. The Morgan fingerprint density at radius 1 is 1.06 bits per heavy atom. The molecule has 0 saturated carbocycles. The van der Waals surface area contributed by atoms with Gasteiger partial charge in [-0.15, -0.1) is 0 Å². The topological polar surface area (TPSA) is 17.8 Å².